The molecule has 0 unspecified atom stereocenters. The molecular formula is C14H20ClNO2. The third kappa shape index (κ3) is 2.43. The molecule has 0 heterocycles. The number of hydrogen-bond acceptors (Lipinski definition) is 3. The predicted octanol–water partition coefficient (Wildman–Crippen LogP) is 3.48. The third-order valence-corrected chi connectivity index (χ3v) is 4.02. The van der Waals surface area contributed by atoms with Gasteiger partial charge in [0.15, 0.2) is 0 Å². The summed E-state index contributed by atoms with van der Waals surface area (Å²) in [5.74, 6) is 1.41. The number of hydrogen-bond donors (Lipinski definition) is 1. The largest absolute Gasteiger partial charge is 0.497 e. The minimum atomic E-state index is -0.345. The van der Waals surface area contributed by atoms with Gasteiger partial charge < -0.3 is 15.2 Å². The maximum atomic E-state index is 6.56. The van der Waals surface area contributed by atoms with E-state index in [1.807, 2.05) is 6.07 Å². The lowest BCUT2D eigenvalue weighted by Crippen LogP contribution is -2.39. The van der Waals surface area contributed by atoms with E-state index in [2.05, 4.69) is 0 Å². The van der Waals surface area contributed by atoms with E-state index in [9.17, 15) is 0 Å². The lowest BCUT2D eigenvalue weighted by molar-refractivity contribution is 0.287. The van der Waals surface area contributed by atoms with Crippen molar-refractivity contribution in [3.63, 3.8) is 0 Å². The van der Waals surface area contributed by atoms with Crippen molar-refractivity contribution >= 4 is 11.6 Å². The molecule has 0 aromatic heterocycles. The van der Waals surface area contributed by atoms with E-state index in [1.54, 1.807) is 20.3 Å². The van der Waals surface area contributed by atoms with E-state index < -0.39 is 0 Å². The molecule has 2 N–H and O–H groups in total. The zero-order valence-corrected chi connectivity index (χ0v) is 11.7. The summed E-state index contributed by atoms with van der Waals surface area (Å²) in [5, 5.41) is 0.558. The first-order valence-electron chi connectivity index (χ1n) is 6.31. The molecule has 0 aliphatic heterocycles. The van der Waals surface area contributed by atoms with Crippen LogP contribution in [0.3, 0.4) is 0 Å². The Kier molecular flexibility index (Phi) is 4.03. The van der Waals surface area contributed by atoms with Crippen LogP contribution in [0.5, 0.6) is 11.5 Å². The molecule has 0 saturated heterocycles. The van der Waals surface area contributed by atoms with Gasteiger partial charge in [0.25, 0.3) is 0 Å². The normalized spacial score (nSPS) is 18.4. The summed E-state index contributed by atoms with van der Waals surface area (Å²) in [6, 6.07) is 3.71. The predicted molar refractivity (Wildman–Crippen MR) is 73.5 cm³/mol. The first-order chi connectivity index (χ1) is 8.60. The maximum Gasteiger partial charge on any atom is 0.142 e. The van der Waals surface area contributed by atoms with Crippen LogP contribution in [0.2, 0.25) is 5.02 Å². The van der Waals surface area contributed by atoms with E-state index in [4.69, 9.17) is 26.8 Å². The highest BCUT2D eigenvalue weighted by Crippen LogP contribution is 2.44. The molecule has 0 bridgehead atoms. The second-order valence-electron chi connectivity index (χ2n) is 4.91. The lowest BCUT2D eigenvalue weighted by atomic mass is 9.77. The third-order valence-electron chi connectivity index (χ3n) is 3.74. The second-order valence-corrected chi connectivity index (χ2v) is 5.31. The quantitative estimate of drug-likeness (QED) is 0.914. The SMILES string of the molecule is COc1cc(Cl)c(OC)c(C2(N)CCCCC2)c1. The molecule has 0 radical (unpaired) electrons. The molecule has 3 nitrogen and oxygen atoms in total. The van der Waals surface area contributed by atoms with E-state index >= 15 is 0 Å². The number of benzene rings is 1. The summed E-state index contributed by atoms with van der Waals surface area (Å²) in [6.45, 7) is 0. The van der Waals surface area contributed by atoms with E-state index in [0.29, 0.717) is 10.8 Å². The van der Waals surface area contributed by atoms with Gasteiger partial charge in [-0.05, 0) is 18.9 Å². The van der Waals surface area contributed by atoms with Gasteiger partial charge in [0.2, 0.25) is 0 Å². The summed E-state index contributed by atoms with van der Waals surface area (Å²) in [4.78, 5) is 0. The molecule has 1 fully saturated rings. The van der Waals surface area contributed by atoms with Crippen LogP contribution >= 0.6 is 11.6 Å². The van der Waals surface area contributed by atoms with Crippen LogP contribution in [0, 0.1) is 0 Å². The Morgan fingerprint density at radius 2 is 1.78 bits per heavy atom. The van der Waals surface area contributed by atoms with Crippen molar-refractivity contribution in [2.45, 2.75) is 37.6 Å². The van der Waals surface area contributed by atoms with Crippen LogP contribution in [0.1, 0.15) is 37.7 Å². The molecule has 1 saturated carbocycles. The summed E-state index contributed by atoms with van der Waals surface area (Å²) in [6.07, 6.45) is 5.47. The molecule has 18 heavy (non-hydrogen) atoms. The number of rotatable bonds is 3. The van der Waals surface area contributed by atoms with Crippen molar-refractivity contribution in [3.8, 4) is 11.5 Å². The van der Waals surface area contributed by atoms with E-state index in [1.165, 1.54) is 6.42 Å². The fourth-order valence-corrected chi connectivity index (χ4v) is 3.00. The first-order valence-corrected chi connectivity index (χ1v) is 6.69. The molecule has 0 amide bonds. The summed E-state index contributed by atoms with van der Waals surface area (Å²) < 4.78 is 10.7. The minimum Gasteiger partial charge on any atom is -0.497 e. The molecule has 1 aromatic rings. The summed E-state index contributed by atoms with van der Waals surface area (Å²) >= 11 is 6.23. The van der Waals surface area contributed by atoms with Crippen LogP contribution in [0.25, 0.3) is 0 Å². The molecule has 2 rings (SSSR count). The summed E-state index contributed by atoms with van der Waals surface area (Å²) in [7, 11) is 3.26. The molecule has 0 atom stereocenters. The van der Waals surface area contributed by atoms with Gasteiger partial charge in [0, 0.05) is 17.2 Å². The fraction of sp³-hybridized carbons (Fsp3) is 0.571. The van der Waals surface area contributed by atoms with Crippen molar-refractivity contribution in [2.24, 2.45) is 5.73 Å². The Hall–Kier alpha value is -0.930. The highest BCUT2D eigenvalue weighted by atomic mass is 35.5. The Morgan fingerprint density at radius 1 is 1.11 bits per heavy atom. The van der Waals surface area contributed by atoms with Gasteiger partial charge in [-0.25, -0.2) is 0 Å². The van der Waals surface area contributed by atoms with Crippen LogP contribution in [-0.2, 0) is 5.54 Å². The zero-order chi connectivity index (χ0) is 13.2. The Bertz CT molecular complexity index is 428. The number of halogens is 1. The monoisotopic (exact) mass is 269 g/mol. The van der Waals surface area contributed by atoms with Gasteiger partial charge >= 0.3 is 0 Å². The standard InChI is InChI=1S/C14H20ClNO2/c1-17-10-8-11(13(18-2)12(15)9-10)14(16)6-4-3-5-7-14/h8-9H,3-7,16H2,1-2H3. The molecular weight excluding hydrogens is 250 g/mol. The van der Waals surface area contributed by atoms with Crippen LogP contribution in [0.15, 0.2) is 12.1 Å². The average molecular weight is 270 g/mol. The number of methoxy groups -OCH3 is 2. The molecule has 1 aromatic carbocycles. The van der Waals surface area contributed by atoms with Crippen molar-refractivity contribution in [1.29, 1.82) is 0 Å². The van der Waals surface area contributed by atoms with Gasteiger partial charge in [-0.3, -0.25) is 0 Å². The van der Waals surface area contributed by atoms with Crippen molar-refractivity contribution < 1.29 is 9.47 Å². The molecule has 1 aliphatic rings. The topological polar surface area (TPSA) is 44.5 Å². The van der Waals surface area contributed by atoms with Gasteiger partial charge in [0.05, 0.1) is 19.2 Å². The van der Waals surface area contributed by atoms with Gasteiger partial charge in [-0.2, -0.15) is 0 Å². The second kappa shape index (κ2) is 5.37. The zero-order valence-electron chi connectivity index (χ0n) is 11.0. The van der Waals surface area contributed by atoms with Crippen LogP contribution in [-0.4, -0.2) is 14.2 Å². The van der Waals surface area contributed by atoms with Crippen molar-refractivity contribution in [2.75, 3.05) is 14.2 Å². The van der Waals surface area contributed by atoms with Gasteiger partial charge in [0.1, 0.15) is 11.5 Å². The van der Waals surface area contributed by atoms with E-state index in [-0.39, 0.29) is 5.54 Å². The molecule has 100 valence electrons. The van der Waals surface area contributed by atoms with Crippen LogP contribution < -0.4 is 15.2 Å². The molecule has 1 aliphatic carbocycles. The number of ether oxygens (including phenoxy) is 2. The molecule has 4 heteroatoms. The maximum absolute atomic E-state index is 6.56. The lowest BCUT2D eigenvalue weighted by Gasteiger charge is -2.35. The highest BCUT2D eigenvalue weighted by molar-refractivity contribution is 6.32. The van der Waals surface area contributed by atoms with Crippen molar-refractivity contribution in [1.82, 2.24) is 0 Å². The van der Waals surface area contributed by atoms with Gasteiger partial charge in [-0.15, -0.1) is 0 Å². The van der Waals surface area contributed by atoms with Crippen LogP contribution in [0.4, 0.5) is 0 Å². The minimum absolute atomic E-state index is 0.345. The Balaban J connectivity index is 2.49. The smallest absolute Gasteiger partial charge is 0.142 e. The average Bonchev–Trinajstić information content (AvgIpc) is 2.38. The fourth-order valence-electron chi connectivity index (χ4n) is 2.72. The van der Waals surface area contributed by atoms with E-state index in [0.717, 1.165) is 37.0 Å². The highest BCUT2D eigenvalue weighted by Gasteiger charge is 2.33. The Morgan fingerprint density at radius 3 is 2.33 bits per heavy atom. The summed E-state index contributed by atoms with van der Waals surface area (Å²) in [5.41, 5.74) is 7.18. The Labute approximate surface area is 113 Å². The first kappa shape index (κ1) is 13.5. The van der Waals surface area contributed by atoms with Gasteiger partial charge in [-0.1, -0.05) is 30.9 Å². The van der Waals surface area contributed by atoms with Crippen molar-refractivity contribution in [3.05, 3.63) is 22.7 Å². The molecule has 0 spiro atoms. The number of nitrogens with two attached hydrogens (primary N) is 1.